The number of nitrogens with zero attached hydrogens (tertiary/aromatic N) is 8. The summed E-state index contributed by atoms with van der Waals surface area (Å²) in [6.07, 6.45) is 2.70. The molecule has 0 aliphatic carbocycles. The molecule has 3 heterocycles. The third-order valence-electron chi connectivity index (χ3n) is 14.1. The first-order valence-electron chi connectivity index (χ1n) is 27.9. The first-order chi connectivity index (χ1) is 38.2. The summed E-state index contributed by atoms with van der Waals surface area (Å²) in [6, 6.07) is 12.9. The number of ether oxygens (including phenoxy) is 4. The maximum atomic E-state index is 15.1. The van der Waals surface area contributed by atoms with E-state index in [1.165, 1.54) is 48.1 Å². The highest BCUT2D eigenvalue weighted by Crippen LogP contribution is 2.24. The van der Waals surface area contributed by atoms with Crippen LogP contribution in [0.15, 0.2) is 97.1 Å². The Morgan fingerprint density at radius 1 is 0.506 bits per heavy atom. The smallest absolute Gasteiger partial charge is 0.333 e. The Morgan fingerprint density at radius 2 is 0.901 bits per heavy atom. The van der Waals surface area contributed by atoms with Gasteiger partial charge in [0.2, 0.25) is 0 Å². The number of esters is 4. The minimum atomic E-state index is -1.57. The Morgan fingerprint density at radius 3 is 1.32 bits per heavy atom. The molecule has 2 aromatic carbocycles. The van der Waals surface area contributed by atoms with Gasteiger partial charge in [-0.1, -0.05) is 102 Å². The van der Waals surface area contributed by atoms with Crippen LogP contribution in [0.25, 0.3) is 0 Å². The zero-order valence-electron chi connectivity index (χ0n) is 49.6. The van der Waals surface area contributed by atoms with Gasteiger partial charge >= 0.3 is 23.9 Å². The zero-order chi connectivity index (χ0) is 59.8. The number of hydrogen-bond donors (Lipinski definition) is 0. The largest absolute Gasteiger partial charge is 0.451 e. The molecule has 20 heteroatoms. The summed E-state index contributed by atoms with van der Waals surface area (Å²) in [5, 5.41) is 8.61. The number of hydrogen-bond acceptors (Lipinski definition) is 14. The van der Waals surface area contributed by atoms with Gasteiger partial charge in [-0.05, 0) is 106 Å². The van der Waals surface area contributed by atoms with Crippen molar-refractivity contribution in [3.63, 3.8) is 0 Å². The molecule has 4 amide bonds. The highest BCUT2D eigenvalue weighted by Gasteiger charge is 2.42. The molecule has 4 aromatic rings. The maximum absolute atomic E-state index is 15.1. The topological polar surface area (TPSA) is 222 Å². The second-order valence-electron chi connectivity index (χ2n) is 22.7. The van der Waals surface area contributed by atoms with E-state index in [0.29, 0.717) is 36.2 Å². The van der Waals surface area contributed by atoms with E-state index < -0.39 is 96.1 Å². The maximum Gasteiger partial charge on any atom is 0.333 e. The van der Waals surface area contributed by atoms with Crippen molar-refractivity contribution in [2.45, 2.75) is 169 Å². The van der Waals surface area contributed by atoms with E-state index in [0.717, 1.165) is 30.7 Å². The van der Waals surface area contributed by atoms with E-state index in [2.05, 4.69) is 10.2 Å². The van der Waals surface area contributed by atoms with Crippen LogP contribution in [0.2, 0.25) is 0 Å². The SMILES string of the molecule is CC(C)=C[C@H]1C(=O)O[C@H](C)C(=O)N(C)[C@@H](CC(C)C)C(=O)O[C@H](Cc2cccc(Cn3cccn3)c2)C(=O)N(C)C(CC(C)C)C(=O)O[C@H](C)C(=O)N(C)[C@@H](CCC(C)C)C(=O)O[C@H](Cc2cccc(Cn3cccn3)c2)C(=O)N1C. The Balaban J connectivity index is 1.62. The summed E-state index contributed by atoms with van der Waals surface area (Å²) in [5.41, 5.74) is 3.51. The fourth-order valence-corrected chi connectivity index (χ4v) is 9.65. The van der Waals surface area contributed by atoms with E-state index in [4.69, 9.17) is 18.9 Å². The van der Waals surface area contributed by atoms with Crippen molar-refractivity contribution in [2.24, 2.45) is 17.8 Å². The molecule has 0 saturated carbocycles. The number of aromatic nitrogens is 4. The number of cyclic esters (lactones) is 4. The normalized spacial score (nSPS) is 22.9. The Labute approximate surface area is 477 Å². The van der Waals surface area contributed by atoms with Crippen LogP contribution in [0.4, 0.5) is 0 Å². The predicted octanol–water partition coefficient (Wildman–Crippen LogP) is 6.46. The summed E-state index contributed by atoms with van der Waals surface area (Å²) in [4.78, 5) is 122. The molecular formula is C61H84N8O12. The third kappa shape index (κ3) is 18.4. The van der Waals surface area contributed by atoms with E-state index in [1.54, 1.807) is 72.0 Å². The summed E-state index contributed by atoms with van der Waals surface area (Å²) >= 11 is 0. The van der Waals surface area contributed by atoms with Gasteiger partial charge in [0.05, 0.1) is 13.1 Å². The summed E-state index contributed by atoms with van der Waals surface area (Å²) in [7, 11) is 5.53. The fraction of sp³-hybridized carbons (Fsp3) is 0.541. The van der Waals surface area contributed by atoms with E-state index >= 15 is 9.59 Å². The second kappa shape index (κ2) is 29.7. The second-order valence-corrected chi connectivity index (χ2v) is 22.7. The van der Waals surface area contributed by atoms with Crippen molar-refractivity contribution < 1.29 is 57.3 Å². The number of likely N-dealkylation sites (N-methyl/N-ethyl adjacent to an activating group) is 4. The van der Waals surface area contributed by atoms with Gasteiger partial charge in [0.15, 0.2) is 24.4 Å². The molecule has 1 saturated heterocycles. The number of benzene rings is 2. The average molecular weight is 1120 g/mol. The van der Waals surface area contributed by atoms with Crippen LogP contribution in [0.3, 0.4) is 0 Å². The van der Waals surface area contributed by atoms with Crippen molar-refractivity contribution in [1.29, 1.82) is 0 Å². The number of allylic oxidation sites excluding steroid dienone is 1. The summed E-state index contributed by atoms with van der Waals surface area (Å²) < 4.78 is 27.7. The van der Waals surface area contributed by atoms with E-state index in [-0.39, 0.29) is 49.9 Å². The van der Waals surface area contributed by atoms with Crippen LogP contribution < -0.4 is 0 Å². The molecule has 5 rings (SSSR count). The van der Waals surface area contributed by atoms with Gasteiger partial charge in [0.1, 0.15) is 24.2 Å². The average Bonchev–Trinajstić information content (AvgIpc) is 4.17. The molecule has 1 aliphatic heterocycles. The predicted molar refractivity (Wildman–Crippen MR) is 302 cm³/mol. The first-order valence-corrected chi connectivity index (χ1v) is 27.9. The van der Waals surface area contributed by atoms with Gasteiger partial charge in [-0.2, -0.15) is 10.2 Å². The lowest BCUT2D eigenvalue weighted by Gasteiger charge is -2.35. The van der Waals surface area contributed by atoms with Crippen molar-refractivity contribution in [1.82, 2.24) is 39.2 Å². The molecule has 440 valence electrons. The van der Waals surface area contributed by atoms with Crippen molar-refractivity contribution in [3.05, 3.63) is 119 Å². The van der Waals surface area contributed by atoms with Gasteiger partial charge in [0, 0.05) is 65.8 Å². The highest BCUT2D eigenvalue weighted by molar-refractivity contribution is 5.95. The zero-order valence-corrected chi connectivity index (χ0v) is 49.6. The van der Waals surface area contributed by atoms with Crippen LogP contribution in [0.5, 0.6) is 0 Å². The minimum absolute atomic E-state index is 0.0606. The van der Waals surface area contributed by atoms with E-state index in [1.807, 2.05) is 78.2 Å². The van der Waals surface area contributed by atoms with Gasteiger partial charge < -0.3 is 38.5 Å². The molecule has 20 nitrogen and oxygen atoms in total. The number of carbonyl (C=O) groups excluding carboxylic acids is 8. The van der Waals surface area contributed by atoms with Crippen LogP contribution in [0, 0.1) is 17.8 Å². The molecule has 2 aromatic heterocycles. The molecule has 1 aliphatic rings. The van der Waals surface area contributed by atoms with Crippen molar-refractivity contribution in [3.8, 4) is 0 Å². The molecule has 0 bridgehead atoms. The molecule has 0 radical (unpaired) electrons. The molecule has 0 N–H and O–H groups in total. The van der Waals surface area contributed by atoms with Gasteiger partial charge in [0.25, 0.3) is 23.6 Å². The molecule has 0 spiro atoms. The first kappa shape index (κ1) is 64.2. The van der Waals surface area contributed by atoms with E-state index in [9.17, 15) is 28.8 Å². The van der Waals surface area contributed by atoms with Gasteiger partial charge in [-0.15, -0.1) is 0 Å². The Bertz CT molecular complexity index is 2810. The number of amides is 4. The van der Waals surface area contributed by atoms with Crippen LogP contribution in [0.1, 0.15) is 117 Å². The monoisotopic (exact) mass is 1120 g/mol. The molecule has 81 heavy (non-hydrogen) atoms. The molecule has 8 atom stereocenters. The fourth-order valence-electron chi connectivity index (χ4n) is 9.65. The molecular weight excluding hydrogens is 1040 g/mol. The van der Waals surface area contributed by atoms with Gasteiger partial charge in [-0.25, -0.2) is 19.2 Å². The third-order valence-corrected chi connectivity index (χ3v) is 14.1. The lowest BCUT2D eigenvalue weighted by molar-refractivity contribution is -0.175. The van der Waals surface area contributed by atoms with Crippen molar-refractivity contribution >= 4 is 47.5 Å². The van der Waals surface area contributed by atoms with Crippen LogP contribution in [-0.4, -0.2) is 163 Å². The Kier molecular flexibility index (Phi) is 23.5. The molecule has 1 fully saturated rings. The number of rotatable bonds is 16. The number of carbonyl (C=O) groups is 8. The lowest BCUT2D eigenvalue weighted by atomic mass is 9.99. The molecule has 1 unspecified atom stereocenters. The van der Waals surface area contributed by atoms with Crippen molar-refractivity contribution in [2.75, 3.05) is 28.2 Å². The highest BCUT2D eigenvalue weighted by atomic mass is 16.6. The summed E-state index contributed by atoms with van der Waals surface area (Å²) in [5.74, 6) is -7.17. The summed E-state index contributed by atoms with van der Waals surface area (Å²) in [6.45, 7) is 18.3. The van der Waals surface area contributed by atoms with Gasteiger partial charge in [-0.3, -0.25) is 28.5 Å². The van der Waals surface area contributed by atoms with Crippen LogP contribution >= 0.6 is 0 Å². The van der Waals surface area contributed by atoms with Crippen LogP contribution in [-0.2, 0) is 83.2 Å². The standard InChI is InChI=1S/C61H84N8O12/c1-38(2)23-24-48-58(74)80-52(34-44-19-15-21-46(32-44)36-68-27-17-25-62-68)56(72)66(13)50(30-40(5)6)60(76)79-43(10)55(71)65(12)51(31-41(7)8)61(77)81-53(35-45-20-16-22-47(33-45)37-69-28-18-26-63-69)57(73)67(14)49(29-39(3)4)59(75)78-42(9)54(70)64(48)11/h15-22,25-28,30,32-33,38-39,41-43,48-53H,23-24,29,31,34-37H2,1-14H3/t42-,43-,48+,49?,50+,51+,52-,53-/m1/s1. The minimum Gasteiger partial charge on any atom is -0.451 e. The lowest BCUT2D eigenvalue weighted by Crippen LogP contribution is -2.54. The quantitative estimate of drug-likeness (QED) is 0.0667. The Hall–Kier alpha value is -7.64.